The van der Waals surface area contributed by atoms with E-state index >= 15 is 0 Å². The number of carbonyl (C=O) groups is 2. The number of para-hydroxylation sites is 1. The van der Waals surface area contributed by atoms with Crippen molar-refractivity contribution in [3.05, 3.63) is 66.2 Å². The Hall–Kier alpha value is -2.86. The van der Waals surface area contributed by atoms with E-state index in [9.17, 15) is 14.7 Å². The van der Waals surface area contributed by atoms with Crippen LogP contribution in [-0.2, 0) is 6.42 Å². The van der Waals surface area contributed by atoms with Gasteiger partial charge in [0.25, 0.3) is 0 Å². The maximum Gasteiger partial charge on any atom is 0.415 e. The highest BCUT2D eigenvalue weighted by molar-refractivity contribution is 5.98. The SMILES string of the molecule is N[C@H](Cc1ccccc1)CN(C(=O)O)C(=O)Nc1ccccc1. The summed E-state index contributed by atoms with van der Waals surface area (Å²) in [6.45, 7) is -0.0805. The van der Waals surface area contributed by atoms with Crippen LogP contribution in [0.4, 0.5) is 15.3 Å². The molecule has 0 heterocycles. The number of carboxylic acid groups (broad SMARTS) is 1. The molecule has 0 aliphatic heterocycles. The van der Waals surface area contributed by atoms with Gasteiger partial charge in [-0.15, -0.1) is 0 Å². The predicted molar refractivity (Wildman–Crippen MR) is 88.3 cm³/mol. The summed E-state index contributed by atoms with van der Waals surface area (Å²) in [5.41, 5.74) is 7.51. The standard InChI is InChI=1S/C17H19N3O3/c18-14(11-13-7-3-1-4-8-13)12-20(17(22)23)16(21)19-15-9-5-2-6-10-15/h1-10,14H,11-12,18H2,(H,19,21)(H,22,23)/t14-/m1/s1. The average molecular weight is 313 g/mol. The van der Waals surface area contributed by atoms with E-state index in [1.165, 1.54) is 0 Å². The van der Waals surface area contributed by atoms with Crippen LogP contribution in [0.2, 0.25) is 0 Å². The first-order valence-electron chi connectivity index (χ1n) is 7.22. The van der Waals surface area contributed by atoms with Gasteiger partial charge in [0.05, 0.1) is 0 Å². The molecule has 6 heteroatoms. The maximum atomic E-state index is 12.1. The molecule has 0 bridgehead atoms. The van der Waals surface area contributed by atoms with Gasteiger partial charge in [0.1, 0.15) is 0 Å². The van der Waals surface area contributed by atoms with E-state index in [1.54, 1.807) is 30.3 Å². The number of urea groups is 1. The number of nitrogens with zero attached hydrogens (tertiary/aromatic N) is 1. The lowest BCUT2D eigenvalue weighted by Gasteiger charge is -2.22. The van der Waals surface area contributed by atoms with E-state index in [2.05, 4.69) is 5.32 Å². The first-order chi connectivity index (χ1) is 11.1. The van der Waals surface area contributed by atoms with Crippen molar-refractivity contribution >= 4 is 17.8 Å². The van der Waals surface area contributed by atoms with Gasteiger partial charge in [0, 0.05) is 18.3 Å². The number of imide groups is 1. The Bertz CT molecular complexity index is 647. The molecule has 0 aromatic heterocycles. The molecular weight excluding hydrogens is 294 g/mol. The monoisotopic (exact) mass is 313 g/mol. The van der Waals surface area contributed by atoms with Gasteiger partial charge in [-0.1, -0.05) is 48.5 Å². The molecule has 2 aromatic carbocycles. The van der Waals surface area contributed by atoms with Crippen LogP contribution in [0, 0.1) is 0 Å². The Morgan fingerprint density at radius 2 is 1.61 bits per heavy atom. The fraction of sp³-hybridized carbons (Fsp3) is 0.176. The van der Waals surface area contributed by atoms with Crippen molar-refractivity contribution in [1.29, 1.82) is 0 Å². The molecule has 0 aliphatic rings. The molecule has 0 spiro atoms. The van der Waals surface area contributed by atoms with Gasteiger partial charge >= 0.3 is 12.1 Å². The van der Waals surface area contributed by atoms with Crippen molar-refractivity contribution in [2.75, 3.05) is 11.9 Å². The van der Waals surface area contributed by atoms with Gasteiger partial charge < -0.3 is 16.2 Å². The summed E-state index contributed by atoms with van der Waals surface area (Å²) in [7, 11) is 0. The molecule has 4 N–H and O–H groups in total. The number of hydrogen-bond acceptors (Lipinski definition) is 3. The summed E-state index contributed by atoms with van der Waals surface area (Å²) in [4.78, 5) is 24.1. The second kappa shape index (κ2) is 7.95. The third kappa shape index (κ3) is 5.12. The van der Waals surface area contributed by atoms with E-state index in [0.29, 0.717) is 17.0 Å². The van der Waals surface area contributed by atoms with Gasteiger partial charge in [0.15, 0.2) is 0 Å². The Morgan fingerprint density at radius 3 is 2.17 bits per heavy atom. The number of benzene rings is 2. The molecule has 0 fully saturated rings. The molecule has 1 atom stereocenters. The van der Waals surface area contributed by atoms with Crippen molar-refractivity contribution in [2.45, 2.75) is 12.5 Å². The van der Waals surface area contributed by atoms with Crippen molar-refractivity contribution in [1.82, 2.24) is 4.90 Å². The minimum absolute atomic E-state index is 0.0805. The summed E-state index contributed by atoms with van der Waals surface area (Å²) < 4.78 is 0. The van der Waals surface area contributed by atoms with Gasteiger partial charge in [-0.25, -0.2) is 14.5 Å². The molecule has 0 radical (unpaired) electrons. The zero-order chi connectivity index (χ0) is 16.7. The number of amides is 3. The number of nitrogens with two attached hydrogens (primary N) is 1. The topological polar surface area (TPSA) is 95.7 Å². The third-order valence-electron chi connectivity index (χ3n) is 3.26. The number of carbonyl (C=O) groups excluding carboxylic acids is 1. The maximum absolute atomic E-state index is 12.1. The first kappa shape index (κ1) is 16.5. The molecule has 0 saturated heterocycles. The second-order valence-electron chi connectivity index (χ2n) is 5.14. The quantitative estimate of drug-likeness (QED) is 0.791. The van der Waals surface area contributed by atoms with Crippen LogP contribution in [0.3, 0.4) is 0 Å². The third-order valence-corrected chi connectivity index (χ3v) is 3.26. The number of rotatable bonds is 5. The van der Waals surface area contributed by atoms with Gasteiger partial charge in [-0.2, -0.15) is 0 Å². The van der Waals surface area contributed by atoms with Crippen LogP contribution in [-0.4, -0.2) is 34.7 Å². The zero-order valence-corrected chi connectivity index (χ0v) is 12.6. The normalized spacial score (nSPS) is 11.5. The highest BCUT2D eigenvalue weighted by Gasteiger charge is 2.23. The van der Waals surface area contributed by atoms with E-state index in [0.717, 1.165) is 5.56 Å². The first-order valence-corrected chi connectivity index (χ1v) is 7.22. The van der Waals surface area contributed by atoms with Crippen LogP contribution in [0.25, 0.3) is 0 Å². The molecular formula is C17H19N3O3. The molecule has 2 rings (SSSR count). The summed E-state index contributed by atoms with van der Waals surface area (Å²) in [5, 5.41) is 11.8. The van der Waals surface area contributed by atoms with Gasteiger partial charge in [-0.05, 0) is 24.1 Å². The number of anilines is 1. The molecule has 0 aliphatic carbocycles. The van der Waals surface area contributed by atoms with E-state index < -0.39 is 18.2 Å². The zero-order valence-electron chi connectivity index (χ0n) is 12.6. The summed E-state index contributed by atoms with van der Waals surface area (Å²) in [6, 6.07) is 17.0. The minimum atomic E-state index is -1.33. The molecule has 0 saturated carbocycles. The fourth-order valence-electron chi connectivity index (χ4n) is 2.18. The number of nitrogens with one attached hydrogen (secondary N) is 1. The molecule has 0 unspecified atom stereocenters. The second-order valence-corrected chi connectivity index (χ2v) is 5.14. The summed E-state index contributed by atoms with van der Waals surface area (Å²) in [6.07, 6.45) is -0.842. The van der Waals surface area contributed by atoms with E-state index in [4.69, 9.17) is 5.73 Å². The van der Waals surface area contributed by atoms with Crippen molar-refractivity contribution in [3.63, 3.8) is 0 Å². The molecule has 3 amide bonds. The lowest BCUT2D eigenvalue weighted by Crippen LogP contribution is -2.46. The lowest BCUT2D eigenvalue weighted by atomic mass is 10.1. The Kier molecular flexibility index (Phi) is 5.71. The van der Waals surface area contributed by atoms with Crippen LogP contribution in [0.15, 0.2) is 60.7 Å². The smallest absolute Gasteiger partial charge is 0.415 e. The average Bonchev–Trinajstić information content (AvgIpc) is 2.54. The molecule has 120 valence electrons. The largest absolute Gasteiger partial charge is 0.465 e. The minimum Gasteiger partial charge on any atom is -0.465 e. The van der Waals surface area contributed by atoms with Crippen LogP contribution in [0.1, 0.15) is 5.56 Å². The van der Waals surface area contributed by atoms with Crippen LogP contribution >= 0.6 is 0 Å². The Balaban J connectivity index is 1.98. The van der Waals surface area contributed by atoms with Crippen LogP contribution < -0.4 is 11.1 Å². The molecule has 23 heavy (non-hydrogen) atoms. The summed E-state index contributed by atoms with van der Waals surface area (Å²) in [5.74, 6) is 0. The summed E-state index contributed by atoms with van der Waals surface area (Å²) >= 11 is 0. The Labute approximate surface area is 134 Å². The highest BCUT2D eigenvalue weighted by atomic mass is 16.4. The predicted octanol–water partition coefficient (Wildman–Crippen LogP) is 2.77. The van der Waals surface area contributed by atoms with Crippen molar-refractivity contribution < 1.29 is 14.7 Å². The van der Waals surface area contributed by atoms with E-state index in [1.807, 2.05) is 30.3 Å². The van der Waals surface area contributed by atoms with Crippen LogP contribution in [0.5, 0.6) is 0 Å². The lowest BCUT2D eigenvalue weighted by molar-refractivity contribution is 0.150. The molecule has 6 nitrogen and oxygen atoms in total. The van der Waals surface area contributed by atoms with Crippen molar-refractivity contribution in [3.8, 4) is 0 Å². The fourth-order valence-corrected chi connectivity index (χ4v) is 2.18. The van der Waals surface area contributed by atoms with Gasteiger partial charge in [0.2, 0.25) is 0 Å². The molecule has 2 aromatic rings. The van der Waals surface area contributed by atoms with Crippen molar-refractivity contribution in [2.24, 2.45) is 5.73 Å². The highest BCUT2D eigenvalue weighted by Crippen LogP contribution is 2.08. The van der Waals surface area contributed by atoms with E-state index in [-0.39, 0.29) is 6.54 Å². The number of hydrogen-bond donors (Lipinski definition) is 3. The van der Waals surface area contributed by atoms with Gasteiger partial charge in [-0.3, -0.25) is 0 Å². The Morgan fingerprint density at radius 1 is 1.04 bits per heavy atom.